The quantitative estimate of drug-likeness (QED) is 0.758. The van der Waals surface area contributed by atoms with Gasteiger partial charge in [-0.1, -0.05) is 0 Å². The summed E-state index contributed by atoms with van der Waals surface area (Å²) in [4.78, 5) is 13.5. The Morgan fingerprint density at radius 3 is 2.94 bits per heavy atom. The van der Waals surface area contributed by atoms with Crippen molar-refractivity contribution in [3.63, 3.8) is 0 Å². The third-order valence-corrected chi connectivity index (χ3v) is 3.08. The van der Waals surface area contributed by atoms with Gasteiger partial charge in [0.25, 0.3) is 0 Å². The normalized spacial score (nSPS) is 17.0. The van der Waals surface area contributed by atoms with Crippen LogP contribution in [-0.4, -0.2) is 47.3 Å². The number of aromatic nitrogens is 2. The maximum absolute atomic E-state index is 11.3. The van der Waals surface area contributed by atoms with Crippen LogP contribution in [0.3, 0.4) is 0 Å². The SMILES string of the molecule is CNc1c(CN2CCNC(=O)C2)c(C)nn1C. The van der Waals surface area contributed by atoms with Gasteiger partial charge in [0.15, 0.2) is 0 Å². The predicted octanol–water partition coefficient (Wildman–Crippen LogP) is -0.298. The van der Waals surface area contributed by atoms with E-state index in [2.05, 4.69) is 20.6 Å². The molecule has 1 amide bonds. The molecule has 0 bridgehead atoms. The van der Waals surface area contributed by atoms with E-state index >= 15 is 0 Å². The molecule has 2 heterocycles. The third kappa shape index (κ3) is 2.41. The van der Waals surface area contributed by atoms with Crippen molar-refractivity contribution in [2.75, 3.05) is 32.0 Å². The first-order chi connectivity index (χ1) is 8.11. The van der Waals surface area contributed by atoms with Crippen LogP contribution in [0.4, 0.5) is 5.82 Å². The van der Waals surface area contributed by atoms with Gasteiger partial charge in [-0.2, -0.15) is 5.10 Å². The zero-order chi connectivity index (χ0) is 12.4. The molecule has 0 radical (unpaired) electrons. The molecule has 0 unspecified atom stereocenters. The van der Waals surface area contributed by atoms with E-state index in [-0.39, 0.29) is 5.91 Å². The van der Waals surface area contributed by atoms with Gasteiger partial charge in [-0.3, -0.25) is 14.4 Å². The minimum Gasteiger partial charge on any atom is -0.373 e. The van der Waals surface area contributed by atoms with Crippen molar-refractivity contribution in [2.24, 2.45) is 7.05 Å². The summed E-state index contributed by atoms with van der Waals surface area (Å²) in [7, 11) is 3.81. The van der Waals surface area contributed by atoms with Gasteiger partial charge in [-0.05, 0) is 6.92 Å². The van der Waals surface area contributed by atoms with E-state index in [0.717, 1.165) is 31.1 Å². The first-order valence-corrected chi connectivity index (χ1v) is 5.81. The maximum Gasteiger partial charge on any atom is 0.234 e. The van der Waals surface area contributed by atoms with Crippen LogP contribution in [0.1, 0.15) is 11.3 Å². The minimum atomic E-state index is 0.101. The molecule has 1 saturated heterocycles. The molecule has 1 aromatic rings. The molecule has 1 aliphatic rings. The second kappa shape index (κ2) is 4.75. The number of nitrogens with zero attached hydrogens (tertiary/aromatic N) is 3. The number of anilines is 1. The highest BCUT2D eigenvalue weighted by molar-refractivity contribution is 5.78. The number of aryl methyl sites for hydroxylation is 2. The monoisotopic (exact) mass is 237 g/mol. The third-order valence-electron chi connectivity index (χ3n) is 3.08. The summed E-state index contributed by atoms with van der Waals surface area (Å²) in [6.07, 6.45) is 0. The molecule has 17 heavy (non-hydrogen) atoms. The Labute approximate surface area is 101 Å². The highest BCUT2D eigenvalue weighted by atomic mass is 16.2. The van der Waals surface area contributed by atoms with Gasteiger partial charge < -0.3 is 10.6 Å². The summed E-state index contributed by atoms with van der Waals surface area (Å²) in [5.41, 5.74) is 2.19. The van der Waals surface area contributed by atoms with E-state index in [1.165, 1.54) is 5.56 Å². The average Bonchev–Trinajstić information content (AvgIpc) is 2.53. The van der Waals surface area contributed by atoms with Crippen molar-refractivity contribution >= 4 is 11.7 Å². The van der Waals surface area contributed by atoms with Crippen LogP contribution < -0.4 is 10.6 Å². The van der Waals surface area contributed by atoms with Crippen molar-refractivity contribution in [1.82, 2.24) is 20.0 Å². The molecule has 1 fully saturated rings. The van der Waals surface area contributed by atoms with Crippen molar-refractivity contribution in [3.8, 4) is 0 Å². The first-order valence-electron chi connectivity index (χ1n) is 5.81. The molecule has 1 aliphatic heterocycles. The van der Waals surface area contributed by atoms with Crippen LogP contribution in [0.5, 0.6) is 0 Å². The van der Waals surface area contributed by atoms with Gasteiger partial charge in [0.05, 0.1) is 12.2 Å². The smallest absolute Gasteiger partial charge is 0.234 e. The van der Waals surface area contributed by atoms with Crippen molar-refractivity contribution in [1.29, 1.82) is 0 Å². The van der Waals surface area contributed by atoms with Crippen LogP contribution in [0, 0.1) is 6.92 Å². The average molecular weight is 237 g/mol. The fourth-order valence-electron chi connectivity index (χ4n) is 2.25. The second-order valence-electron chi connectivity index (χ2n) is 4.35. The van der Waals surface area contributed by atoms with Crippen LogP contribution in [0.25, 0.3) is 0 Å². The van der Waals surface area contributed by atoms with Gasteiger partial charge >= 0.3 is 0 Å². The van der Waals surface area contributed by atoms with Crippen LogP contribution in [-0.2, 0) is 18.4 Å². The van der Waals surface area contributed by atoms with Gasteiger partial charge in [0, 0.05) is 39.3 Å². The number of nitrogens with one attached hydrogen (secondary N) is 2. The minimum absolute atomic E-state index is 0.101. The molecule has 0 aliphatic carbocycles. The second-order valence-corrected chi connectivity index (χ2v) is 4.35. The molecule has 2 rings (SSSR count). The molecular formula is C11H19N5O. The number of carbonyl (C=O) groups excluding carboxylic acids is 1. The molecule has 0 aromatic carbocycles. The summed E-state index contributed by atoms with van der Waals surface area (Å²) < 4.78 is 1.84. The summed E-state index contributed by atoms with van der Waals surface area (Å²) >= 11 is 0. The summed E-state index contributed by atoms with van der Waals surface area (Å²) in [5.74, 6) is 1.12. The molecule has 2 N–H and O–H groups in total. The lowest BCUT2D eigenvalue weighted by molar-refractivity contribution is -0.124. The first kappa shape index (κ1) is 11.9. The van der Waals surface area contributed by atoms with E-state index in [4.69, 9.17) is 0 Å². The number of rotatable bonds is 3. The fourth-order valence-corrected chi connectivity index (χ4v) is 2.25. The highest BCUT2D eigenvalue weighted by Gasteiger charge is 2.20. The van der Waals surface area contributed by atoms with E-state index < -0.39 is 0 Å². The van der Waals surface area contributed by atoms with Crippen molar-refractivity contribution < 1.29 is 4.79 Å². The molecule has 0 saturated carbocycles. The molecule has 0 spiro atoms. The van der Waals surface area contributed by atoms with Gasteiger partial charge in [0.2, 0.25) is 5.91 Å². The van der Waals surface area contributed by atoms with Crippen LogP contribution in [0.15, 0.2) is 0 Å². The molecule has 1 aromatic heterocycles. The Morgan fingerprint density at radius 2 is 2.29 bits per heavy atom. The van der Waals surface area contributed by atoms with Crippen LogP contribution in [0.2, 0.25) is 0 Å². The maximum atomic E-state index is 11.3. The Bertz CT molecular complexity index is 426. The standard InChI is InChI=1S/C11H19N5O/c1-8-9(11(12-2)15(3)14-8)6-16-5-4-13-10(17)7-16/h12H,4-7H2,1-3H3,(H,13,17). The van der Waals surface area contributed by atoms with Crippen molar-refractivity contribution in [2.45, 2.75) is 13.5 Å². The Hall–Kier alpha value is -1.56. The largest absolute Gasteiger partial charge is 0.373 e. The number of amides is 1. The number of hydrogen-bond acceptors (Lipinski definition) is 4. The van der Waals surface area contributed by atoms with Crippen molar-refractivity contribution in [3.05, 3.63) is 11.3 Å². The number of piperazine rings is 1. The number of hydrogen-bond donors (Lipinski definition) is 2. The Morgan fingerprint density at radius 1 is 1.53 bits per heavy atom. The molecule has 6 heteroatoms. The van der Waals surface area contributed by atoms with Gasteiger partial charge in [-0.15, -0.1) is 0 Å². The van der Waals surface area contributed by atoms with Crippen LogP contribution >= 0.6 is 0 Å². The molecule has 94 valence electrons. The van der Waals surface area contributed by atoms with E-state index in [0.29, 0.717) is 6.54 Å². The van der Waals surface area contributed by atoms with E-state index in [9.17, 15) is 4.79 Å². The predicted molar refractivity (Wildman–Crippen MR) is 65.8 cm³/mol. The Balaban J connectivity index is 2.14. The Kier molecular flexibility index (Phi) is 3.33. The zero-order valence-corrected chi connectivity index (χ0v) is 10.6. The zero-order valence-electron chi connectivity index (χ0n) is 10.6. The molecule has 0 atom stereocenters. The van der Waals surface area contributed by atoms with E-state index in [1.807, 2.05) is 25.7 Å². The van der Waals surface area contributed by atoms with E-state index in [1.54, 1.807) is 0 Å². The fraction of sp³-hybridized carbons (Fsp3) is 0.636. The summed E-state index contributed by atoms with van der Waals surface area (Å²) in [6, 6.07) is 0. The lowest BCUT2D eigenvalue weighted by atomic mass is 10.2. The highest BCUT2D eigenvalue weighted by Crippen LogP contribution is 2.20. The number of carbonyl (C=O) groups is 1. The molecule has 6 nitrogen and oxygen atoms in total. The van der Waals surface area contributed by atoms with Gasteiger partial charge in [0.1, 0.15) is 5.82 Å². The topological polar surface area (TPSA) is 62.2 Å². The van der Waals surface area contributed by atoms with Gasteiger partial charge in [-0.25, -0.2) is 0 Å². The lowest BCUT2D eigenvalue weighted by Gasteiger charge is -2.26. The summed E-state index contributed by atoms with van der Waals surface area (Å²) in [5, 5.41) is 10.4. The molecular weight excluding hydrogens is 218 g/mol. The lowest BCUT2D eigenvalue weighted by Crippen LogP contribution is -2.47. The summed E-state index contributed by atoms with van der Waals surface area (Å²) in [6.45, 7) is 4.86.